The van der Waals surface area contributed by atoms with E-state index in [2.05, 4.69) is 0 Å². The van der Waals surface area contributed by atoms with Gasteiger partial charge in [0.25, 0.3) is 0 Å². The average Bonchev–Trinajstić information content (AvgIpc) is 2.55. The first-order chi connectivity index (χ1) is 11.4. The highest BCUT2D eigenvalue weighted by Crippen LogP contribution is 2.38. The summed E-state index contributed by atoms with van der Waals surface area (Å²) in [5.74, 6) is -3.39. The average molecular weight is 349 g/mol. The Morgan fingerprint density at radius 3 is 2.38 bits per heavy atom. The molecule has 0 fully saturated rings. The first-order valence-electron chi connectivity index (χ1n) is 6.76. The van der Waals surface area contributed by atoms with Crippen LogP contribution in [0.2, 0.25) is 5.02 Å². The molecule has 0 radical (unpaired) electrons. The van der Waals surface area contributed by atoms with Crippen molar-refractivity contribution in [3.63, 3.8) is 0 Å². The molecule has 2 rings (SSSR count). The second kappa shape index (κ2) is 7.56. The molecule has 8 heteroatoms. The largest absolute Gasteiger partial charge is 0.542 e. The van der Waals surface area contributed by atoms with Crippen LogP contribution < -0.4 is 9.84 Å². The van der Waals surface area contributed by atoms with Crippen molar-refractivity contribution in [2.75, 3.05) is 0 Å². The third-order valence-electron chi connectivity index (χ3n) is 3.15. The summed E-state index contributed by atoms with van der Waals surface area (Å²) in [5.41, 5.74) is 0.119. The molecule has 0 aliphatic heterocycles. The number of carbonyl (C=O) groups excluding carboxylic acids is 2. The number of rotatable bonds is 7. The predicted molar refractivity (Wildman–Crippen MR) is 82.6 cm³/mol. The lowest BCUT2D eigenvalue weighted by molar-refractivity contribution is -0.386. The molecule has 0 spiro atoms. The number of halogens is 1. The number of nitrogens with zero attached hydrogens (tertiary/aromatic N) is 1. The normalized spacial score (nSPS) is 10.2. The van der Waals surface area contributed by atoms with E-state index >= 15 is 0 Å². The highest BCUT2D eigenvalue weighted by Gasteiger charge is 2.26. The van der Waals surface area contributed by atoms with Gasteiger partial charge in [-0.25, -0.2) is 0 Å². The van der Waals surface area contributed by atoms with Gasteiger partial charge in [-0.3, -0.25) is 14.9 Å². The molecular formula is C16H11ClNO6-. The van der Waals surface area contributed by atoms with E-state index < -0.39 is 28.8 Å². The Morgan fingerprint density at radius 1 is 1.12 bits per heavy atom. The zero-order valence-corrected chi connectivity index (χ0v) is 13.0. The quantitative estimate of drug-likeness (QED) is 0.428. The Morgan fingerprint density at radius 2 is 1.79 bits per heavy atom. The maximum absolute atomic E-state index is 11.4. The van der Waals surface area contributed by atoms with E-state index in [1.807, 2.05) is 6.07 Å². The number of hydrogen-bond acceptors (Lipinski definition) is 6. The highest BCUT2D eigenvalue weighted by atomic mass is 35.5. The first kappa shape index (κ1) is 17.4. The van der Waals surface area contributed by atoms with E-state index in [0.29, 0.717) is 0 Å². The number of nitro benzene ring substituents is 1. The summed E-state index contributed by atoms with van der Waals surface area (Å²) < 4.78 is 5.45. The van der Waals surface area contributed by atoms with Gasteiger partial charge in [0.15, 0.2) is 5.78 Å². The van der Waals surface area contributed by atoms with E-state index in [4.69, 9.17) is 16.3 Å². The van der Waals surface area contributed by atoms with Gasteiger partial charge in [-0.2, -0.15) is 0 Å². The molecule has 2 aromatic carbocycles. The smallest absolute Gasteiger partial charge is 0.316 e. The maximum Gasteiger partial charge on any atom is 0.316 e. The highest BCUT2D eigenvalue weighted by molar-refractivity contribution is 6.33. The summed E-state index contributed by atoms with van der Waals surface area (Å²) in [5, 5.41) is 21.9. The Bertz CT molecular complexity index is 791. The molecule has 0 unspecified atom stereocenters. The van der Waals surface area contributed by atoms with Crippen LogP contribution in [-0.2, 0) is 22.6 Å². The number of aliphatic carboxylic acids is 1. The Hall–Kier alpha value is -2.93. The monoisotopic (exact) mass is 348 g/mol. The van der Waals surface area contributed by atoms with Gasteiger partial charge in [-0.1, -0.05) is 41.9 Å². The third-order valence-corrected chi connectivity index (χ3v) is 3.45. The number of nitro groups is 1. The van der Waals surface area contributed by atoms with Crippen molar-refractivity contribution >= 4 is 29.0 Å². The van der Waals surface area contributed by atoms with Crippen molar-refractivity contribution in [2.45, 2.75) is 13.0 Å². The Balaban J connectivity index is 2.36. The molecule has 24 heavy (non-hydrogen) atoms. The van der Waals surface area contributed by atoms with Gasteiger partial charge in [0, 0.05) is 12.0 Å². The number of carbonyl (C=O) groups is 2. The van der Waals surface area contributed by atoms with E-state index in [9.17, 15) is 24.8 Å². The molecule has 0 amide bonds. The lowest BCUT2D eigenvalue weighted by Crippen LogP contribution is -2.32. The van der Waals surface area contributed by atoms with Gasteiger partial charge in [-0.15, -0.1) is 0 Å². The zero-order valence-electron chi connectivity index (χ0n) is 12.2. The minimum atomic E-state index is -1.91. The fourth-order valence-electron chi connectivity index (χ4n) is 2.04. The Labute approximate surface area is 141 Å². The molecule has 124 valence electrons. The second-order valence-electron chi connectivity index (χ2n) is 4.80. The fraction of sp³-hybridized carbons (Fsp3) is 0.125. The van der Waals surface area contributed by atoms with Crippen molar-refractivity contribution < 1.29 is 24.4 Å². The van der Waals surface area contributed by atoms with Crippen molar-refractivity contribution in [1.82, 2.24) is 0 Å². The summed E-state index contributed by atoms with van der Waals surface area (Å²) in [7, 11) is 0. The van der Waals surface area contributed by atoms with Gasteiger partial charge < -0.3 is 14.6 Å². The van der Waals surface area contributed by atoms with Crippen molar-refractivity contribution in [2.24, 2.45) is 0 Å². The van der Waals surface area contributed by atoms with Crippen LogP contribution >= 0.6 is 11.6 Å². The number of ether oxygens (including phenoxy) is 1. The van der Waals surface area contributed by atoms with Crippen LogP contribution in [0.5, 0.6) is 5.75 Å². The van der Waals surface area contributed by atoms with E-state index in [0.717, 1.165) is 5.56 Å². The van der Waals surface area contributed by atoms with Crippen LogP contribution in [0.25, 0.3) is 0 Å². The molecule has 0 bridgehead atoms. The molecule has 0 aromatic heterocycles. The van der Waals surface area contributed by atoms with Crippen molar-refractivity contribution in [1.29, 1.82) is 0 Å². The number of Topliss-reactive ketones (excluding diaryl/α,β-unsaturated/α-hetero) is 1. The molecule has 0 saturated carbocycles. The van der Waals surface area contributed by atoms with E-state index in [1.165, 1.54) is 12.1 Å². The predicted octanol–water partition coefficient (Wildman–Crippen LogP) is 1.69. The Kier molecular flexibility index (Phi) is 5.49. The van der Waals surface area contributed by atoms with E-state index in [-0.39, 0.29) is 22.9 Å². The minimum absolute atomic E-state index is 0.0118. The van der Waals surface area contributed by atoms with Gasteiger partial charge in [0.05, 0.1) is 9.95 Å². The van der Waals surface area contributed by atoms with Gasteiger partial charge in [0.2, 0.25) is 5.75 Å². The second-order valence-corrected chi connectivity index (χ2v) is 5.21. The first-order valence-corrected chi connectivity index (χ1v) is 7.14. The van der Waals surface area contributed by atoms with Crippen LogP contribution in [0.4, 0.5) is 5.69 Å². The molecule has 0 aliphatic rings. The van der Waals surface area contributed by atoms with E-state index in [1.54, 1.807) is 24.3 Å². The molecular weight excluding hydrogens is 338 g/mol. The lowest BCUT2D eigenvalue weighted by Gasteiger charge is -2.11. The fourth-order valence-corrected chi connectivity index (χ4v) is 2.25. The summed E-state index contributed by atoms with van der Waals surface area (Å²) in [6.07, 6.45) is -0.683. The van der Waals surface area contributed by atoms with Crippen LogP contribution in [0.15, 0.2) is 42.5 Å². The third kappa shape index (κ3) is 4.08. The number of carboxylic acid groups (broad SMARTS) is 1. The summed E-state index contributed by atoms with van der Waals surface area (Å²) >= 11 is 5.97. The minimum Gasteiger partial charge on any atom is -0.542 e. The van der Waals surface area contributed by atoms with Gasteiger partial charge in [0.1, 0.15) is 12.6 Å². The van der Waals surface area contributed by atoms with Crippen LogP contribution in [0, 0.1) is 10.1 Å². The standard InChI is InChI=1S/C16H12ClNO6/c17-12-7-6-11(8-13(19)16(20)21)14(18(22)23)15(12)24-9-10-4-2-1-3-5-10/h1-7H,8-9H2,(H,20,21)/p-1. The van der Waals surface area contributed by atoms with Gasteiger partial charge >= 0.3 is 5.69 Å². The number of hydrogen-bond donors (Lipinski definition) is 0. The molecule has 7 nitrogen and oxygen atoms in total. The van der Waals surface area contributed by atoms with Crippen LogP contribution in [0.1, 0.15) is 11.1 Å². The number of benzene rings is 2. The zero-order chi connectivity index (χ0) is 17.7. The SMILES string of the molecule is O=C([O-])C(=O)Cc1ccc(Cl)c(OCc2ccccc2)c1[N+](=O)[O-]. The molecule has 0 aliphatic carbocycles. The van der Waals surface area contributed by atoms with Crippen molar-refractivity contribution in [3.8, 4) is 5.75 Å². The summed E-state index contributed by atoms with van der Waals surface area (Å²) in [4.78, 5) is 32.5. The maximum atomic E-state index is 11.4. The molecule has 2 aromatic rings. The van der Waals surface area contributed by atoms with Crippen LogP contribution in [0.3, 0.4) is 0 Å². The van der Waals surface area contributed by atoms with Crippen molar-refractivity contribution in [3.05, 3.63) is 68.7 Å². The number of ketones is 1. The number of carboxylic acids is 1. The molecule has 0 saturated heterocycles. The lowest BCUT2D eigenvalue weighted by atomic mass is 10.1. The molecule has 0 atom stereocenters. The molecule has 0 N–H and O–H groups in total. The van der Waals surface area contributed by atoms with Gasteiger partial charge in [-0.05, 0) is 17.7 Å². The van der Waals surface area contributed by atoms with Crippen LogP contribution in [-0.4, -0.2) is 16.7 Å². The summed E-state index contributed by atoms with van der Waals surface area (Å²) in [6.45, 7) is 0.0271. The topological polar surface area (TPSA) is 110 Å². The summed E-state index contributed by atoms with van der Waals surface area (Å²) in [6, 6.07) is 11.4. The molecule has 0 heterocycles.